The Hall–Kier alpha value is -2.85. The average molecular weight is 458 g/mol. The maximum atomic E-state index is 12.5. The van der Waals surface area contributed by atoms with Gasteiger partial charge in [0.1, 0.15) is 0 Å². The summed E-state index contributed by atoms with van der Waals surface area (Å²) >= 11 is 5.83. The largest absolute Gasteiger partial charge is 0.516 e. The van der Waals surface area contributed by atoms with Gasteiger partial charge in [-0.25, -0.2) is 0 Å². The first-order valence-corrected chi connectivity index (χ1v) is 10.4. The molecule has 0 radical (unpaired) electrons. The standard InChI is InChI=1S/C19H15ClF3N3O3S/c20-15-6-4-13(5-7-15)10-11-29-18-9-8-17(24-25-18)14-2-1-3-16(12-14)26-30(27,28)19(21,22)23/h1-9,12,26H,10-11H2. The van der Waals surface area contributed by atoms with Gasteiger partial charge >= 0.3 is 15.5 Å². The first kappa shape index (κ1) is 21.8. The fraction of sp³-hybridized carbons (Fsp3) is 0.158. The van der Waals surface area contributed by atoms with Gasteiger partial charge in [-0.1, -0.05) is 35.9 Å². The van der Waals surface area contributed by atoms with Gasteiger partial charge in [0.25, 0.3) is 0 Å². The third-order valence-corrected chi connectivity index (χ3v) is 5.28. The van der Waals surface area contributed by atoms with Crippen molar-refractivity contribution in [2.24, 2.45) is 0 Å². The number of nitrogens with one attached hydrogen (secondary N) is 1. The van der Waals surface area contributed by atoms with E-state index in [1.807, 2.05) is 12.1 Å². The highest BCUT2D eigenvalue weighted by Gasteiger charge is 2.46. The van der Waals surface area contributed by atoms with Crippen LogP contribution in [0, 0.1) is 0 Å². The first-order chi connectivity index (χ1) is 14.1. The van der Waals surface area contributed by atoms with E-state index >= 15 is 0 Å². The number of anilines is 1. The number of nitrogens with zero attached hydrogens (tertiary/aromatic N) is 2. The average Bonchev–Trinajstić information content (AvgIpc) is 2.69. The molecule has 6 nitrogen and oxygen atoms in total. The second kappa shape index (κ2) is 8.88. The molecule has 0 unspecified atom stereocenters. The van der Waals surface area contributed by atoms with Crippen molar-refractivity contribution in [1.82, 2.24) is 10.2 Å². The molecule has 0 fully saturated rings. The summed E-state index contributed by atoms with van der Waals surface area (Å²) in [4.78, 5) is 0. The third kappa shape index (κ3) is 5.61. The highest BCUT2D eigenvalue weighted by Crippen LogP contribution is 2.27. The predicted molar refractivity (Wildman–Crippen MR) is 107 cm³/mol. The Kier molecular flexibility index (Phi) is 6.47. The van der Waals surface area contributed by atoms with Gasteiger partial charge in [-0.05, 0) is 35.9 Å². The van der Waals surface area contributed by atoms with Crippen molar-refractivity contribution in [1.29, 1.82) is 0 Å². The van der Waals surface area contributed by atoms with Gasteiger partial charge in [0.2, 0.25) is 5.88 Å². The van der Waals surface area contributed by atoms with Crippen LogP contribution < -0.4 is 9.46 Å². The van der Waals surface area contributed by atoms with Crippen LogP contribution in [0.1, 0.15) is 5.56 Å². The molecule has 0 spiro atoms. The molecular weight excluding hydrogens is 443 g/mol. The Morgan fingerprint density at radius 2 is 1.73 bits per heavy atom. The minimum absolute atomic E-state index is 0.241. The predicted octanol–water partition coefficient (Wildman–Crippen LogP) is 4.68. The zero-order valence-corrected chi connectivity index (χ0v) is 16.8. The summed E-state index contributed by atoms with van der Waals surface area (Å²) in [7, 11) is -5.51. The zero-order valence-electron chi connectivity index (χ0n) is 15.2. The lowest BCUT2D eigenvalue weighted by molar-refractivity contribution is -0.0429. The van der Waals surface area contributed by atoms with Crippen LogP contribution in [0.5, 0.6) is 5.88 Å². The van der Waals surface area contributed by atoms with Gasteiger partial charge < -0.3 is 4.74 Å². The van der Waals surface area contributed by atoms with Crippen LogP contribution in [-0.4, -0.2) is 30.7 Å². The van der Waals surface area contributed by atoms with Crippen LogP contribution in [-0.2, 0) is 16.4 Å². The Balaban J connectivity index is 1.64. The van der Waals surface area contributed by atoms with Gasteiger partial charge in [-0.15, -0.1) is 10.2 Å². The molecule has 0 aliphatic heterocycles. The lowest BCUT2D eigenvalue weighted by atomic mass is 10.1. The molecule has 0 atom stereocenters. The maximum Gasteiger partial charge on any atom is 0.516 e. The number of hydrogen-bond donors (Lipinski definition) is 1. The minimum atomic E-state index is -5.51. The van der Waals surface area contributed by atoms with E-state index in [9.17, 15) is 21.6 Å². The Morgan fingerprint density at radius 1 is 1.00 bits per heavy atom. The summed E-state index contributed by atoms with van der Waals surface area (Å²) in [5.41, 5.74) is -3.88. The van der Waals surface area contributed by atoms with Crippen LogP contribution in [0.4, 0.5) is 18.9 Å². The molecule has 1 aromatic heterocycles. The van der Waals surface area contributed by atoms with Crippen LogP contribution in [0.15, 0.2) is 60.7 Å². The van der Waals surface area contributed by atoms with Crippen molar-refractivity contribution in [2.45, 2.75) is 11.9 Å². The van der Waals surface area contributed by atoms with Gasteiger partial charge in [0, 0.05) is 28.8 Å². The molecule has 1 N–H and O–H groups in total. The summed E-state index contributed by atoms with van der Waals surface area (Å²) in [6.45, 7) is 0.365. The molecule has 0 aliphatic carbocycles. The van der Waals surface area contributed by atoms with Crippen molar-refractivity contribution in [3.63, 3.8) is 0 Å². The van der Waals surface area contributed by atoms with E-state index in [1.54, 1.807) is 30.3 Å². The Morgan fingerprint density at radius 3 is 2.37 bits per heavy atom. The number of sulfonamides is 1. The molecule has 11 heteroatoms. The number of halogens is 4. The quantitative estimate of drug-likeness (QED) is 0.557. The van der Waals surface area contributed by atoms with Crippen molar-refractivity contribution >= 4 is 27.3 Å². The SMILES string of the molecule is O=S(=O)(Nc1cccc(-c2ccc(OCCc3ccc(Cl)cc3)nn2)c1)C(F)(F)F. The lowest BCUT2D eigenvalue weighted by Gasteiger charge is -2.11. The Labute approximate surface area is 175 Å². The summed E-state index contributed by atoms with van der Waals surface area (Å²) in [6.07, 6.45) is 0.641. The number of ether oxygens (including phenoxy) is 1. The monoisotopic (exact) mass is 457 g/mol. The maximum absolute atomic E-state index is 12.5. The van der Waals surface area contributed by atoms with Gasteiger partial charge in [0.15, 0.2) is 0 Å². The highest BCUT2D eigenvalue weighted by molar-refractivity contribution is 7.93. The van der Waals surface area contributed by atoms with Crippen molar-refractivity contribution in [3.8, 4) is 17.1 Å². The van der Waals surface area contributed by atoms with E-state index in [1.165, 1.54) is 22.9 Å². The van der Waals surface area contributed by atoms with Crippen molar-refractivity contribution in [3.05, 3.63) is 71.2 Å². The van der Waals surface area contributed by atoms with Crippen molar-refractivity contribution < 1.29 is 26.3 Å². The van der Waals surface area contributed by atoms with E-state index in [0.717, 1.165) is 5.56 Å². The number of hydrogen-bond acceptors (Lipinski definition) is 5. The third-order valence-electron chi connectivity index (χ3n) is 3.91. The van der Waals surface area contributed by atoms with Crippen LogP contribution in [0.2, 0.25) is 5.02 Å². The van der Waals surface area contributed by atoms with E-state index < -0.39 is 15.5 Å². The summed E-state index contributed by atoms with van der Waals surface area (Å²) in [5, 5.41) is 8.56. The van der Waals surface area contributed by atoms with Crippen LogP contribution in [0.3, 0.4) is 0 Å². The number of alkyl halides is 3. The zero-order chi connectivity index (χ0) is 21.8. The molecule has 0 amide bonds. The second-order valence-electron chi connectivity index (χ2n) is 6.11. The molecule has 0 saturated carbocycles. The van der Waals surface area contributed by atoms with Gasteiger partial charge in [0.05, 0.1) is 12.3 Å². The summed E-state index contributed by atoms with van der Waals surface area (Å²) in [5.74, 6) is 0.279. The summed E-state index contributed by atoms with van der Waals surface area (Å²) in [6, 6.07) is 15.9. The normalized spacial score (nSPS) is 11.9. The molecule has 3 aromatic rings. The minimum Gasteiger partial charge on any atom is -0.476 e. The topological polar surface area (TPSA) is 81.2 Å². The van der Waals surface area contributed by atoms with Crippen molar-refractivity contribution in [2.75, 3.05) is 11.3 Å². The molecule has 1 heterocycles. The molecule has 30 heavy (non-hydrogen) atoms. The van der Waals surface area contributed by atoms with Gasteiger partial charge in [-0.3, -0.25) is 4.72 Å². The van der Waals surface area contributed by atoms with E-state index in [0.29, 0.717) is 29.3 Å². The fourth-order valence-corrected chi connectivity index (χ4v) is 3.11. The highest BCUT2D eigenvalue weighted by atomic mass is 35.5. The molecule has 0 saturated heterocycles. The lowest BCUT2D eigenvalue weighted by Crippen LogP contribution is -2.29. The van der Waals surface area contributed by atoms with E-state index in [2.05, 4.69) is 10.2 Å². The van der Waals surface area contributed by atoms with Crippen LogP contribution >= 0.6 is 11.6 Å². The second-order valence-corrected chi connectivity index (χ2v) is 8.22. The first-order valence-electron chi connectivity index (χ1n) is 8.54. The number of benzene rings is 2. The Bertz CT molecular complexity index is 1110. The number of aromatic nitrogens is 2. The molecule has 3 rings (SSSR count). The van der Waals surface area contributed by atoms with Crippen LogP contribution in [0.25, 0.3) is 11.3 Å². The molecule has 0 bridgehead atoms. The molecular formula is C19H15ClF3N3O3S. The molecule has 2 aromatic carbocycles. The number of rotatable bonds is 7. The van der Waals surface area contributed by atoms with E-state index in [-0.39, 0.29) is 11.6 Å². The smallest absolute Gasteiger partial charge is 0.476 e. The van der Waals surface area contributed by atoms with Gasteiger partial charge in [-0.2, -0.15) is 21.6 Å². The van der Waals surface area contributed by atoms with E-state index in [4.69, 9.17) is 16.3 Å². The molecule has 158 valence electrons. The summed E-state index contributed by atoms with van der Waals surface area (Å²) < 4.78 is 67.1. The fourth-order valence-electron chi connectivity index (χ4n) is 2.43. The molecule has 0 aliphatic rings.